The van der Waals surface area contributed by atoms with Gasteiger partial charge in [0.2, 0.25) is 0 Å². The first-order chi connectivity index (χ1) is 7.99. The smallest absolute Gasteiger partial charge is 0.295 e. The second-order valence-electron chi connectivity index (χ2n) is 4.95. The normalized spacial score (nSPS) is 17.9. The van der Waals surface area contributed by atoms with Crippen LogP contribution >= 0.6 is 31.9 Å². The molecule has 0 radical (unpaired) electrons. The van der Waals surface area contributed by atoms with Crippen LogP contribution in [0.25, 0.3) is 0 Å². The van der Waals surface area contributed by atoms with E-state index in [-0.39, 0.29) is 11.1 Å². The van der Waals surface area contributed by atoms with Gasteiger partial charge in [-0.15, -0.1) is 0 Å². The molecule has 1 heterocycles. The number of rotatable bonds is 3. The van der Waals surface area contributed by atoms with Crippen LogP contribution < -0.4 is 5.69 Å². The van der Waals surface area contributed by atoms with E-state index in [1.807, 2.05) is 13.8 Å². The number of alkyl halides is 1. The van der Waals surface area contributed by atoms with Crippen LogP contribution in [-0.4, -0.2) is 14.9 Å². The van der Waals surface area contributed by atoms with Gasteiger partial charge in [0.25, 0.3) is 0 Å². The van der Waals surface area contributed by atoms with E-state index >= 15 is 0 Å². The average Bonchev–Trinajstić information content (AvgIpc) is 2.24. The lowest BCUT2D eigenvalue weighted by molar-refractivity contribution is 0.136. The molecule has 0 unspecified atom stereocenters. The van der Waals surface area contributed by atoms with Gasteiger partial charge in [-0.3, -0.25) is 4.57 Å². The summed E-state index contributed by atoms with van der Waals surface area (Å²) in [4.78, 5) is 16.0. The van der Waals surface area contributed by atoms with Crippen molar-refractivity contribution in [3.8, 4) is 0 Å². The van der Waals surface area contributed by atoms with Crippen molar-refractivity contribution in [3.05, 3.63) is 26.3 Å². The molecule has 1 aromatic heterocycles. The van der Waals surface area contributed by atoms with Crippen LogP contribution in [0.5, 0.6) is 0 Å². The zero-order chi connectivity index (χ0) is 12.6. The molecule has 3 nitrogen and oxygen atoms in total. The minimum atomic E-state index is -0.129. The topological polar surface area (TPSA) is 34.9 Å². The van der Waals surface area contributed by atoms with Crippen LogP contribution in [0.15, 0.2) is 9.27 Å². The molecule has 0 saturated heterocycles. The van der Waals surface area contributed by atoms with Crippen molar-refractivity contribution in [2.45, 2.75) is 39.7 Å². The number of aryl methyl sites for hydroxylation is 1. The second kappa shape index (κ2) is 4.84. The van der Waals surface area contributed by atoms with Crippen molar-refractivity contribution in [2.24, 2.45) is 5.41 Å². The molecule has 94 valence electrons. The summed E-state index contributed by atoms with van der Waals surface area (Å²) >= 11 is 7.08. The Kier molecular flexibility index (Phi) is 3.78. The summed E-state index contributed by atoms with van der Waals surface area (Å²) in [5.74, 6) is 0. The van der Waals surface area contributed by atoms with Crippen LogP contribution in [0, 0.1) is 19.3 Å². The van der Waals surface area contributed by atoms with E-state index in [9.17, 15) is 4.79 Å². The van der Waals surface area contributed by atoms with Gasteiger partial charge < -0.3 is 0 Å². The van der Waals surface area contributed by atoms with Crippen LogP contribution in [0.2, 0.25) is 0 Å². The summed E-state index contributed by atoms with van der Waals surface area (Å²) in [5, 5.41) is 0.956. The predicted molar refractivity (Wildman–Crippen MR) is 75.7 cm³/mol. The van der Waals surface area contributed by atoms with Crippen molar-refractivity contribution in [3.63, 3.8) is 0 Å². The fourth-order valence-corrected chi connectivity index (χ4v) is 3.35. The Balaban J connectivity index is 2.39. The van der Waals surface area contributed by atoms with E-state index in [4.69, 9.17) is 0 Å². The zero-order valence-corrected chi connectivity index (χ0v) is 13.3. The molecule has 0 aliphatic heterocycles. The van der Waals surface area contributed by atoms with Gasteiger partial charge in [-0.1, -0.05) is 22.4 Å². The molecule has 1 aliphatic carbocycles. The summed E-state index contributed by atoms with van der Waals surface area (Å²) in [6.45, 7) is 4.60. The van der Waals surface area contributed by atoms with Crippen LogP contribution in [0.4, 0.5) is 0 Å². The highest BCUT2D eigenvalue weighted by Gasteiger charge is 2.37. The largest absolute Gasteiger partial charge is 0.348 e. The predicted octanol–water partition coefficient (Wildman–Crippen LogP) is 3.19. The van der Waals surface area contributed by atoms with Gasteiger partial charge in [0, 0.05) is 17.6 Å². The highest BCUT2D eigenvalue weighted by atomic mass is 79.9. The van der Waals surface area contributed by atoms with Gasteiger partial charge in [0.05, 0.1) is 10.2 Å². The molecule has 1 aromatic rings. The third kappa shape index (κ3) is 2.36. The Morgan fingerprint density at radius 3 is 2.53 bits per heavy atom. The molecule has 0 amide bonds. The average molecular weight is 364 g/mol. The zero-order valence-electron chi connectivity index (χ0n) is 10.1. The van der Waals surface area contributed by atoms with Crippen LogP contribution in [0.1, 0.15) is 30.7 Å². The van der Waals surface area contributed by atoms with E-state index < -0.39 is 0 Å². The molecule has 0 atom stereocenters. The summed E-state index contributed by atoms with van der Waals surface area (Å²) in [6.07, 6.45) is 3.64. The minimum Gasteiger partial charge on any atom is -0.295 e. The van der Waals surface area contributed by atoms with E-state index in [1.165, 1.54) is 19.3 Å². The number of halogens is 2. The van der Waals surface area contributed by atoms with Gasteiger partial charge in [0.15, 0.2) is 0 Å². The molecule has 0 bridgehead atoms. The van der Waals surface area contributed by atoms with Gasteiger partial charge in [-0.05, 0) is 48.0 Å². The van der Waals surface area contributed by atoms with Gasteiger partial charge in [-0.2, -0.15) is 4.98 Å². The molecule has 5 heteroatoms. The molecule has 0 spiro atoms. The molecule has 0 aromatic carbocycles. The number of hydrogen-bond acceptors (Lipinski definition) is 2. The summed E-state index contributed by atoms with van der Waals surface area (Å²) in [7, 11) is 0. The molecule has 17 heavy (non-hydrogen) atoms. The molecular weight excluding hydrogens is 348 g/mol. The first-order valence-corrected chi connectivity index (χ1v) is 7.70. The fourth-order valence-electron chi connectivity index (χ4n) is 2.31. The van der Waals surface area contributed by atoms with Crippen molar-refractivity contribution < 1.29 is 0 Å². The first-order valence-electron chi connectivity index (χ1n) is 5.79. The maximum Gasteiger partial charge on any atom is 0.348 e. The third-order valence-electron chi connectivity index (χ3n) is 3.73. The highest BCUT2D eigenvalue weighted by molar-refractivity contribution is 9.10. The Morgan fingerprint density at radius 1 is 1.41 bits per heavy atom. The monoisotopic (exact) mass is 362 g/mol. The van der Waals surface area contributed by atoms with E-state index in [0.717, 1.165) is 27.7 Å². The first kappa shape index (κ1) is 13.3. The van der Waals surface area contributed by atoms with E-state index in [1.54, 1.807) is 4.57 Å². The van der Waals surface area contributed by atoms with Gasteiger partial charge in [0.1, 0.15) is 0 Å². The van der Waals surface area contributed by atoms with Crippen LogP contribution in [0.3, 0.4) is 0 Å². The maximum absolute atomic E-state index is 12.0. The van der Waals surface area contributed by atoms with E-state index in [2.05, 4.69) is 36.8 Å². The van der Waals surface area contributed by atoms with Crippen molar-refractivity contribution in [1.29, 1.82) is 0 Å². The number of aromatic nitrogens is 2. The van der Waals surface area contributed by atoms with E-state index in [0.29, 0.717) is 0 Å². The Hall–Kier alpha value is -0.160. The lowest BCUT2D eigenvalue weighted by Gasteiger charge is -2.41. The van der Waals surface area contributed by atoms with Crippen molar-refractivity contribution in [1.82, 2.24) is 9.55 Å². The molecule has 0 N–H and O–H groups in total. The molecular formula is C12H16Br2N2O. The molecule has 2 rings (SSSR count). The fraction of sp³-hybridized carbons (Fsp3) is 0.667. The lowest BCUT2D eigenvalue weighted by atomic mass is 9.70. The number of nitrogens with zero attached hydrogens (tertiary/aromatic N) is 2. The van der Waals surface area contributed by atoms with Gasteiger partial charge in [-0.25, -0.2) is 4.79 Å². The van der Waals surface area contributed by atoms with Gasteiger partial charge >= 0.3 is 5.69 Å². The summed E-state index contributed by atoms with van der Waals surface area (Å²) in [5.41, 5.74) is 1.88. The SMILES string of the molecule is Cc1nc(=O)n(CC2(CBr)CCC2)c(C)c1Br. The standard InChI is InChI=1S/C12H16Br2N2O/c1-8-10(14)9(2)16(11(17)15-8)7-12(6-13)4-3-5-12/h3-7H2,1-2H3. The van der Waals surface area contributed by atoms with Crippen molar-refractivity contribution >= 4 is 31.9 Å². The Labute approximate surface area is 118 Å². The Morgan fingerprint density at radius 2 is 2.06 bits per heavy atom. The number of hydrogen-bond donors (Lipinski definition) is 0. The highest BCUT2D eigenvalue weighted by Crippen LogP contribution is 2.43. The molecule has 1 fully saturated rings. The van der Waals surface area contributed by atoms with Crippen molar-refractivity contribution in [2.75, 3.05) is 5.33 Å². The second-order valence-corrected chi connectivity index (χ2v) is 6.31. The maximum atomic E-state index is 12.0. The minimum absolute atomic E-state index is 0.129. The Bertz CT molecular complexity index is 487. The lowest BCUT2D eigenvalue weighted by Crippen LogP contribution is -2.40. The van der Waals surface area contributed by atoms with Crippen LogP contribution in [-0.2, 0) is 6.54 Å². The quantitative estimate of drug-likeness (QED) is 0.773. The molecule has 1 aliphatic rings. The summed E-state index contributed by atoms with van der Waals surface area (Å²) in [6, 6.07) is 0. The third-order valence-corrected chi connectivity index (χ3v) is 6.06. The molecule has 1 saturated carbocycles. The summed E-state index contributed by atoms with van der Waals surface area (Å²) < 4.78 is 2.75.